The van der Waals surface area contributed by atoms with Gasteiger partial charge in [-0.05, 0) is 0 Å². The van der Waals surface area contributed by atoms with Gasteiger partial charge < -0.3 is 10.1 Å². The van der Waals surface area contributed by atoms with Crippen LogP contribution in [0.2, 0.25) is 0 Å². The van der Waals surface area contributed by atoms with Gasteiger partial charge in [0.05, 0.1) is 13.5 Å². The maximum Gasteiger partial charge on any atom is 0.306 e. The molecule has 12 heavy (non-hydrogen) atoms. The molecule has 0 aliphatic rings. The number of rotatable bonds is 6. The molecule has 1 atom stereocenters. The number of esters is 1. The third-order valence-corrected chi connectivity index (χ3v) is 2.08. The summed E-state index contributed by atoms with van der Waals surface area (Å²) >= 11 is 0. The summed E-state index contributed by atoms with van der Waals surface area (Å²) in [7, 11) is 0.604. The summed E-state index contributed by atoms with van der Waals surface area (Å²) in [4.78, 5) is 10.6. The van der Waals surface area contributed by atoms with Crippen molar-refractivity contribution in [3.05, 3.63) is 0 Å². The largest absolute Gasteiger partial charge is 0.469 e. The fourth-order valence-corrected chi connectivity index (χ4v) is 1.07. The minimum Gasteiger partial charge on any atom is -0.469 e. The molecule has 72 valence electrons. The van der Waals surface area contributed by atoms with Gasteiger partial charge in [-0.1, -0.05) is 0 Å². The molecule has 0 saturated carbocycles. The second-order valence-electron chi connectivity index (χ2n) is 2.35. The van der Waals surface area contributed by atoms with Gasteiger partial charge in [0.2, 0.25) is 0 Å². The molecule has 0 aliphatic carbocycles. The Morgan fingerprint density at radius 3 is 2.67 bits per heavy atom. The van der Waals surface area contributed by atoms with Crippen LogP contribution in [0, 0.1) is 0 Å². The highest BCUT2D eigenvalue weighted by atomic mass is 32.2. The molecule has 5 heteroatoms. The van der Waals surface area contributed by atoms with Gasteiger partial charge in [-0.25, -0.2) is 0 Å². The van der Waals surface area contributed by atoms with Crippen LogP contribution in [0.1, 0.15) is 6.42 Å². The molecule has 0 radical (unpaired) electrons. The number of nitrogens with one attached hydrogen (secondary N) is 1. The summed E-state index contributed by atoms with van der Waals surface area (Å²) in [6.45, 7) is 1.27. The Morgan fingerprint density at radius 1 is 1.50 bits per heavy atom. The molecule has 0 amide bonds. The molecule has 0 aromatic carbocycles. The van der Waals surface area contributed by atoms with Crippen molar-refractivity contribution >= 4 is 16.8 Å². The van der Waals surface area contributed by atoms with Crippen LogP contribution in [0.25, 0.3) is 0 Å². The quantitative estimate of drug-likeness (QED) is 0.457. The number of methoxy groups -OCH3 is 1. The predicted octanol–water partition coefficient (Wildman–Crippen LogP) is -0.482. The van der Waals surface area contributed by atoms with E-state index in [0.29, 0.717) is 25.3 Å². The highest BCUT2D eigenvalue weighted by Gasteiger charge is 1.98. The monoisotopic (exact) mass is 193 g/mol. The van der Waals surface area contributed by atoms with Crippen molar-refractivity contribution in [2.24, 2.45) is 0 Å². The fourth-order valence-electron chi connectivity index (χ4n) is 0.633. The maximum absolute atomic E-state index is 10.6. The van der Waals surface area contributed by atoms with E-state index < -0.39 is 10.8 Å². The van der Waals surface area contributed by atoms with Gasteiger partial charge in [0.1, 0.15) is 0 Å². The van der Waals surface area contributed by atoms with Crippen LogP contribution < -0.4 is 5.32 Å². The number of hydrogen-bond donors (Lipinski definition) is 1. The van der Waals surface area contributed by atoms with Gasteiger partial charge in [0.25, 0.3) is 0 Å². The molecule has 0 aliphatic heterocycles. The van der Waals surface area contributed by atoms with E-state index in [9.17, 15) is 9.00 Å². The van der Waals surface area contributed by atoms with Crippen molar-refractivity contribution < 1.29 is 13.7 Å². The molecule has 0 heterocycles. The lowest BCUT2D eigenvalue weighted by molar-refractivity contribution is -0.140. The smallest absolute Gasteiger partial charge is 0.306 e. The van der Waals surface area contributed by atoms with Gasteiger partial charge in [-0.15, -0.1) is 0 Å². The van der Waals surface area contributed by atoms with E-state index in [1.54, 1.807) is 6.26 Å². The SMILES string of the molecule is COC(=O)CCNCCS(C)=O. The maximum atomic E-state index is 10.6. The van der Waals surface area contributed by atoms with E-state index in [1.807, 2.05) is 0 Å². The van der Waals surface area contributed by atoms with E-state index in [2.05, 4.69) is 10.1 Å². The normalized spacial score (nSPS) is 12.5. The van der Waals surface area contributed by atoms with Crippen molar-refractivity contribution in [1.82, 2.24) is 5.32 Å². The van der Waals surface area contributed by atoms with Gasteiger partial charge in [-0.3, -0.25) is 9.00 Å². The number of hydrogen-bond acceptors (Lipinski definition) is 4. The Hall–Kier alpha value is -0.420. The zero-order chi connectivity index (χ0) is 9.40. The highest BCUT2D eigenvalue weighted by molar-refractivity contribution is 7.84. The molecule has 1 unspecified atom stereocenters. The van der Waals surface area contributed by atoms with Crippen molar-refractivity contribution in [2.45, 2.75) is 6.42 Å². The Kier molecular flexibility index (Phi) is 6.99. The Labute approximate surface area is 75.1 Å². The molecule has 0 saturated heterocycles. The van der Waals surface area contributed by atoms with Gasteiger partial charge in [0.15, 0.2) is 0 Å². The fraction of sp³-hybridized carbons (Fsp3) is 0.857. The second-order valence-corrected chi connectivity index (χ2v) is 3.91. The topological polar surface area (TPSA) is 55.4 Å². The molecule has 0 bridgehead atoms. The Bertz CT molecular complexity index is 161. The second kappa shape index (κ2) is 7.24. The minimum absolute atomic E-state index is 0.222. The molecule has 0 rings (SSSR count). The van der Waals surface area contributed by atoms with Crippen molar-refractivity contribution in [1.29, 1.82) is 0 Å². The summed E-state index contributed by atoms with van der Waals surface area (Å²) in [6.07, 6.45) is 2.02. The van der Waals surface area contributed by atoms with Crippen LogP contribution in [-0.4, -0.2) is 42.4 Å². The van der Waals surface area contributed by atoms with Crippen LogP contribution in [0.4, 0.5) is 0 Å². The lowest BCUT2D eigenvalue weighted by atomic mass is 10.4. The first-order valence-corrected chi connectivity index (χ1v) is 5.47. The minimum atomic E-state index is -0.760. The van der Waals surface area contributed by atoms with Crippen LogP contribution in [0.5, 0.6) is 0 Å². The van der Waals surface area contributed by atoms with Crippen LogP contribution in [-0.2, 0) is 20.3 Å². The van der Waals surface area contributed by atoms with E-state index in [-0.39, 0.29) is 5.97 Å². The third kappa shape index (κ3) is 7.68. The summed E-state index contributed by atoms with van der Waals surface area (Å²) < 4.78 is 15.0. The van der Waals surface area contributed by atoms with Gasteiger partial charge in [0, 0.05) is 35.9 Å². The molecule has 0 aromatic heterocycles. The lowest BCUT2D eigenvalue weighted by Gasteiger charge is -2.01. The van der Waals surface area contributed by atoms with E-state index >= 15 is 0 Å². The number of carbonyl (C=O) groups is 1. The van der Waals surface area contributed by atoms with Crippen LogP contribution in [0.15, 0.2) is 0 Å². The molecule has 0 spiro atoms. The van der Waals surface area contributed by atoms with Crippen LogP contribution >= 0.6 is 0 Å². The average molecular weight is 193 g/mol. The summed E-state index contributed by atoms with van der Waals surface area (Å²) in [5, 5.41) is 2.99. The van der Waals surface area contributed by atoms with Crippen molar-refractivity contribution in [2.75, 3.05) is 32.2 Å². The average Bonchev–Trinajstić information content (AvgIpc) is 2.03. The van der Waals surface area contributed by atoms with E-state index in [0.717, 1.165) is 0 Å². The van der Waals surface area contributed by atoms with Gasteiger partial charge in [-0.2, -0.15) is 0 Å². The molecule has 1 N–H and O–H groups in total. The zero-order valence-electron chi connectivity index (χ0n) is 7.46. The first-order chi connectivity index (χ1) is 5.66. The summed E-state index contributed by atoms with van der Waals surface area (Å²) in [5.41, 5.74) is 0. The van der Waals surface area contributed by atoms with Crippen LogP contribution in [0.3, 0.4) is 0 Å². The highest BCUT2D eigenvalue weighted by Crippen LogP contribution is 1.80. The predicted molar refractivity (Wildman–Crippen MR) is 48.4 cm³/mol. The third-order valence-electron chi connectivity index (χ3n) is 1.30. The van der Waals surface area contributed by atoms with E-state index in [1.165, 1.54) is 7.11 Å². The first kappa shape index (κ1) is 11.6. The van der Waals surface area contributed by atoms with Crippen molar-refractivity contribution in [3.63, 3.8) is 0 Å². The van der Waals surface area contributed by atoms with Crippen molar-refractivity contribution in [3.8, 4) is 0 Å². The zero-order valence-corrected chi connectivity index (χ0v) is 8.28. The number of carbonyl (C=O) groups excluding carboxylic acids is 1. The molecular weight excluding hydrogens is 178 g/mol. The lowest BCUT2D eigenvalue weighted by Crippen LogP contribution is -2.23. The molecule has 4 nitrogen and oxygen atoms in total. The Balaban J connectivity index is 3.11. The molecule has 0 aromatic rings. The standard InChI is InChI=1S/C7H15NO3S/c1-11-7(9)3-4-8-5-6-12(2)10/h8H,3-6H2,1-2H3. The summed E-state index contributed by atoms with van der Waals surface area (Å²) in [5.74, 6) is 0.404. The molecular formula is C7H15NO3S. The van der Waals surface area contributed by atoms with E-state index in [4.69, 9.17) is 0 Å². The molecule has 0 fully saturated rings. The first-order valence-electron chi connectivity index (χ1n) is 3.74. The summed E-state index contributed by atoms with van der Waals surface area (Å²) in [6, 6.07) is 0. The number of ether oxygens (including phenoxy) is 1. The van der Waals surface area contributed by atoms with Gasteiger partial charge >= 0.3 is 5.97 Å². The Morgan fingerprint density at radius 2 is 2.17 bits per heavy atom.